The number of carboxylic acids is 1. The molecule has 0 aliphatic carbocycles. The molecule has 22 heavy (non-hydrogen) atoms. The Morgan fingerprint density at radius 3 is 2.32 bits per heavy atom. The van der Waals surface area contributed by atoms with Gasteiger partial charge < -0.3 is 15.0 Å². The normalized spacial score (nSPS) is 13.3. The average Bonchev–Trinajstić information content (AvgIpc) is 3.01. The zero-order valence-electron chi connectivity index (χ0n) is 12.5. The van der Waals surface area contributed by atoms with Crippen molar-refractivity contribution in [3.63, 3.8) is 0 Å². The van der Waals surface area contributed by atoms with Gasteiger partial charge in [-0.15, -0.1) is 0 Å². The quantitative estimate of drug-likeness (QED) is 0.826. The van der Waals surface area contributed by atoms with Crippen LogP contribution in [0.2, 0.25) is 0 Å². The second-order valence-electron chi connectivity index (χ2n) is 5.31. The zero-order chi connectivity index (χ0) is 15.9. The van der Waals surface area contributed by atoms with Gasteiger partial charge in [0.25, 0.3) is 0 Å². The molecule has 1 aromatic carbocycles. The number of carboxylic acid groups (broad SMARTS) is 1. The molecule has 5 heteroatoms. The van der Waals surface area contributed by atoms with E-state index in [0.29, 0.717) is 6.42 Å². The number of hydrogen-bond acceptors (Lipinski definition) is 2. The van der Waals surface area contributed by atoms with Crippen LogP contribution in [0.15, 0.2) is 54.9 Å². The Morgan fingerprint density at radius 2 is 1.73 bits per heavy atom. The first-order chi connectivity index (χ1) is 10.6. The van der Waals surface area contributed by atoms with E-state index in [2.05, 4.69) is 5.32 Å². The Kier molecular flexibility index (Phi) is 5.36. The molecule has 1 heterocycles. The van der Waals surface area contributed by atoms with Gasteiger partial charge in [-0.1, -0.05) is 30.3 Å². The van der Waals surface area contributed by atoms with E-state index in [-0.39, 0.29) is 18.4 Å². The van der Waals surface area contributed by atoms with Crippen molar-refractivity contribution in [3.05, 3.63) is 60.4 Å². The lowest BCUT2D eigenvalue weighted by molar-refractivity contribution is -0.137. The number of nitrogens with zero attached hydrogens (tertiary/aromatic N) is 1. The first-order valence-electron chi connectivity index (χ1n) is 7.25. The lowest BCUT2D eigenvalue weighted by Gasteiger charge is -2.19. The van der Waals surface area contributed by atoms with Crippen molar-refractivity contribution >= 4 is 11.9 Å². The topological polar surface area (TPSA) is 71.3 Å². The molecule has 0 aliphatic rings. The molecule has 116 valence electrons. The van der Waals surface area contributed by atoms with Crippen LogP contribution in [-0.4, -0.2) is 21.6 Å². The highest BCUT2D eigenvalue weighted by Gasteiger charge is 2.19. The Balaban J connectivity index is 2.00. The largest absolute Gasteiger partial charge is 0.481 e. The average molecular weight is 300 g/mol. The molecule has 0 aliphatic heterocycles. The highest BCUT2D eigenvalue weighted by Crippen LogP contribution is 2.18. The molecule has 0 radical (unpaired) electrons. The van der Waals surface area contributed by atoms with Crippen molar-refractivity contribution in [2.24, 2.45) is 0 Å². The second-order valence-corrected chi connectivity index (χ2v) is 5.31. The molecule has 2 aromatic rings. The Morgan fingerprint density at radius 1 is 1.09 bits per heavy atom. The van der Waals surface area contributed by atoms with E-state index < -0.39 is 12.0 Å². The first kappa shape index (κ1) is 15.8. The Labute approximate surface area is 129 Å². The maximum Gasteiger partial charge on any atom is 0.305 e. The number of aromatic nitrogens is 1. The van der Waals surface area contributed by atoms with Crippen molar-refractivity contribution in [3.8, 4) is 0 Å². The fraction of sp³-hybridized carbons (Fsp3) is 0.294. The molecule has 2 rings (SSSR count). The van der Waals surface area contributed by atoms with Crippen molar-refractivity contribution in [2.75, 3.05) is 0 Å². The molecule has 0 fully saturated rings. The van der Waals surface area contributed by atoms with Gasteiger partial charge in [0.1, 0.15) is 0 Å². The molecule has 0 unspecified atom stereocenters. The van der Waals surface area contributed by atoms with Gasteiger partial charge in [0.15, 0.2) is 0 Å². The van der Waals surface area contributed by atoms with Crippen molar-refractivity contribution < 1.29 is 14.7 Å². The van der Waals surface area contributed by atoms with Gasteiger partial charge in [-0.25, -0.2) is 0 Å². The minimum Gasteiger partial charge on any atom is -0.481 e. The van der Waals surface area contributed by atoms with Gasteiger partial charge in [-0.2, -0.15) is 0 Å². The number of carbonyl (C=O) groups is 2. The highest BCUT2D eigenvalue weighted by molar-refractivity contribution is 5.78. The van der Waals surface area contributed by atoms with E-state index in [1.54, 1.807) is 0 Å². The molecule has 0 saturated heterocycles. The van der Waals surface area contributed by atoms with Crippen LogP contribution in [0.4, 0.5) is 0 Å². The summed E-state index contributed by atoms with van der Waals surface area (Å²) in [6, 6.07) is 12.5. The summed E-state index contributed by atoms with van der Waals surface area (Å²) in [5.74, 6) is -1.09. The minimum absolute atomic E-state index is 0.0243. The molecule has 0 bridgehead atoms. The summed E-state index contributed by atoms with van der Waals surface area (Å²) in [5.41, 5.74) is 0.798. The third-order valence-corrected chi connectivity index (χ3v) is 3.53. The van der Waals surface area contributed by atoms with E-state index in [4.69, 9.17) is 5.11 Å². The van der Waals surface area contributed by atoms with Crippen LogP contribution in [0, 0.1) is 0 Å². The molecule has 2 N–H and O–H groups in total. The summed E-state index contributed by atoms with van der Waals surface area (Å²) in [4.78, 5) is 23.2. The van der Waals surface area contributed by atoms with E-state index in [1.165, 1.54) is 0 Å². The lowest BCUT2D eigenvalue weighted by Crippen LogP contribution is -2.31. The van der Waals surface area contributed by atoms with Crippen LogP contribution in [0.5, 0.6) is 0 Å². The second kappa shape index (κ2) is 7.45. The summed E-state index contributed by atoms with van der Waals surface area (Å²) >= 11 is 0. The van der Waals surface area contributed by atoms with E-state index in [0.717, 1.165) is 5.56 Å². The number of aliphatic carboxylic acids is 1. The molecule has 5 nitrogen and oxygen atoms in total. The van der Waals surface area contributed by atoms with Crippen LogP contribution in [0.3, 0.4) is 0 Å². The number of benzene rings is 1. The van der Waals surface area contributed by atoms with Crippen LogP contribution in [0.1, 0.15) is 37.4 Å². The molecule has 0 spiro atoms. The minimum atomic E-state index is -0.937. The maximum absolute atomic E-state index is 12.2. The van der Waals surface area contributed by atoms with Gasteiger partial charge in [0.05, 0.1) is 12.5 Å². The predicted molar refractivity (Wildman–Crippen MR) is 83.3 cm³/mol. The third-order valence-electron chi connectivity index (χ3n) is 3.53. The van der Waals surface area contributed by atoms with Crippen LogP contribution >= 0.6 is 0 Å². The van der Waals surface area contributed by atoms with Gasteiger partial charge in [0.2, 0.25) is 5.91 Å². The SMILES string of the molecule is C[C@H](CC(=O)N[C@@H](CC(=O)O)c1ccccc1)n1cccc1. The molecular formula is C17H20N2O3. The highest BCUT2D eigenvalue weighted by atomic mass is 16.4. The molecule has 2 atom stereocenters. The fourth-order valence-electron chi connectivity index (χ4n) is 2.38. The van der Waals surface area contributed by atoms with Crippen molar-refractivity contribution in [1.82, 2.24) is 9.88 Å². The van der Waals surface area contributed by atoms with Crippen LogP contribution in [-0.2, 0) is 9.59 Å². The van der Waals surface area contributed by atoms with Crippen LogP contribution in [0.25, 0.3) is 0 Å². The van der Waals surface area contributed by atoms with Gasteiger partial charge in [-0.3, -0.25) is 9.59 Å². The Hall–Kier alpha value is -2.56. The molecule has 0 saturated carbocycles. The van der Waals surface area contributed by atoms with E-state index >= 15 is 0 Å². The van der Waals surface area contributed by atoms with Gasteiger partial charge >= 0.3 is 5.97 Å². The summed E-state index contributed by atoms with van der Waals surface area (Å²) in [6.07, 6.45) is 3.99. The molecule has 1 aromatic heterocycles. The summed E-state index contributed by atoms with van der Waals surface area (Å²) < 4.78 is 1.95. The number of rotatable bonds is 7. The van der Waals surface area contributed by atoms with E-state index in [9.17, 15) is 9.59 Å². The van der Waals surface area contributed by atoms with Crippen LogP contribution < -0.4 is 5.32 Å². The van der Waals surface area contributed by atoms with E-state index in [1.807, 2.05) is 66.3 Å². The summed E-state index contributed by atoms with van der Waals surface area (Å²) in [7, 11) is 0. The van der Waals surface area contributed by atoms with Crippen molar-refractivity contribution in [2.45, 2.75) is 31.8 Å². The number of amides is 1. The predicted octanol–water partition coefficient (Wildman–Crippen LogP) is 2.77. The summed E-state index contributed by atoms with van der Waals surface area (Å²) in [5, 5.41) is 11.9. The summed E-state index contributed by atoms with van der Waals surface area (Å²) in [6.45, 7) is 1.95. The van der Waals surface area contributed by atoms with Gasteiger partial charge in [0, 0.05) is 24.9 Å². The number of hydrogen-bond donors (Lipinski definition) is 2. The monoisotopic (exact) mass is 300 g/mol. The first-order valence-corrected chi connectivity index (χ1v) is 7.25. The lowest BCUT2D eigenvalue weighted by atomic mass is 10.0. The standard InChI is InChI=1S/C17H20N2O3/c1-13(19-9-5-6-10-19)11-16(20)18-15(12-17(21)22)14-7-3-2-4-8-14/h2-10,13,15H,11-12H2,1H3,(H,18,20)(H,21,22)/t13-,15+/m1/s1. The zero-order valence-corrected chi connectivity index (χ0v) is 12.5. The van der Waals surface area contributed by atoms with Crippen molar-refractivity contribution in [1.29, 1.82) is 0 Å². The third kappa shape index (κ3) is 4.48. The number of carbonyl (C=O) groups excluding carboxylic acids is 1. The maximum atomic E-state index is 12.2. The fourth-order valence-corrected chi connectivity index (χ4v) is 2.38. The molecular weight excluding hydrogens is 280 g/mol. The Bertz CT molecular complexity index is 608. The molecule has 1 amide bonds. The smallest absolute Gasteiger partial charge is 0.305 e. The number of nitrogens with one attached hydrogen (secondary N) is 1. The van der Waals surface area contributed by atoms with Gasteiger partial charge in [-0.05, 0) is 24.6 Å².